The van der Waals surface area contributed by atoms with E-state index in [4.69, 9.17) is 0 Å². The van der Waals surface area contributed by atoms with Gasteiger partial charge in [0.2, 0.25) is 5.91 Å². The van der Waals surface area contributed by atoms with Crippen LogP contribution in [-0.2, 0) is 4.79 Å². The van der Waals surface area contributed by atoms with Crippen LogP contribution in [0.4, 0.5) is 0 Å². The first-order valence-corrected chi connectivity index (χ1v) is 5.77. The molecule has 0 saturated heterocycles. The lowest BCUT2D eigenvalue weighted by molar-refractivity contribution is -0.122. The Morgan fingerprint density at radius 3 is 2.13 bits per heavy atom. The summed E-state index contributed by atoms with van der Waals surface area (Å²) in [7, 11) is 0. The highest BCUT2D eigenvalue weighted by molar-refractivity contribution is 5.76. The molecule has 15 heavy (non-hydrogen) atoms. The molecule has 0 unspecified atom stereocenters. The first-order chi connectivity index (χ1) is 6.73. The SMILES string of the molecule is CC(C)CC(=O)NCC(C)(C)NC(C)C. The third kappa shape index (κ3) is 8.43. The van der Waals surface area contributed by atoms with Crippen LogP contribution in [-0.4, -0.2) is 24.0 Å². The molecule has 3 nitrogen and oxygen atoms in total. The van der Waals surface area contributed by atoms with Gasteiger partial charge in [-0.3, -0.25) is 4.79 Å². The Morgan fingerprint density at radius 2 is 1.73 bits per heavy atom. The van der Waals surface area contributed by atoms with E-state index in [1.807, 2.05) is 0 Å². The standard InChI is InChI=1S/C12H26N2O/c1-9(2)7-11(15)13-8-12(5,6)14-10(3)4/h9-10,14H,7-8H2,1-6H3,(H,13,15). The molecule has 1 amide bonds. The molecule has 3 heteroatoms. The smallest absolute Gasteiger partial charge is 0.220 e. The van der Waals surface area contributed by atoms with E-state index in [9.17, 15) is 4.79 Å². The molecule has 0 aliphatic carbocycles. The van der Waals surface area contributed by atoms with Crippen LogP contribution in [0.25, 0.3) is 0 Å². The summed E-state index contributed by atoms with van der Waals surface area (Å²) in [5.74, 6) is 0.565. The lowest BCUT2D eigenvalue weighted by atomic mass is 10.0. The molecule has 0 aliphatic heterocycles. The Morgan fingerprint density at radius 1 is 1.20 bits per heavy atom. The van der Waals surface area contributed by atoms with E-state index in [1.54, 1.807) is 0 Å². The molecule has 0 atom stereocenters. The third-order valence-electron chi connectivity index (χ3n) is 2.00. The van der Waals surface area contributed by atoms with Crippen molar-refractivity contribution in [1.29, 1.82) is 0 Å². The number of rotatable bonds is 6. The van der Waals surface area contributed by atoms with Crippen molar-refractivity contribution >= 4 is 5.91 Å². The number of carbonyl (C=O) groups is 1. The van der Waals surface area contributed by atoms with Gasteiger partial charge in [0.1, 0.15) is 0 Å². The minimum atomic E-state index is -0.0409. The van der Waals surface area contributed by atoms with Gasteiger partial charge in [-0.15, -0.1) is 0 Å². The molecule has 0 saturated carbocycles. The Labute approximate surface area is 94.0 Å². The Balaban J connectivity index is 3.87. The maximum absolute atomic E-state index is 11.4. The minimum absolute atomic E-state index is 0.0409. The largest absolute Gasteiger partial charge is 0.354 e. The topological polar surface area (TPSA) is 41.1 Å². The molecule has 0 heterocycles. The molecule has 0 aliphatic rings. The van der Waals surface area contributed by atoms with E-state index in [0.717, 1.165) is 0 Å². The summed E-state index contributed by atoms with van der Waals surface area (Å²) < 4.78 is 0. The summed E-state index contributed by atoms with van der Waals surface area (Å²) in [6.07, 6.45) is 0.609. The second kappa shape index (κ2) is 6.11. The van der Waals surface area contributed by atoms with E-state index >= 15 is 0 Å². The first kappa shape index (κ1) is 14.4. The second-order valence-electron chi connectivity index (χ2n) is 5.56. The van der Waals surface area contributed by atoms with Gasteiger partial charge in [0.25, 0.3) is 0 Å². The molecule has 0 fully saturated rings. The fourth-order valence-corrected chi connectivity index (χ4v) is 1.60. The fraction of sp³-hybridized carbons (Fsp3) is 0.917. The van der Waals surface area contributed by atoms with Crippen LogP contribution in [0.1, 0.15) is 48.0 Å². The number of hydrogen-bond donors (Lipinski definition) is 2. The van der Waals surface area contributed by atoms with E-state index in [0.29, 0.717) is 24.9 Å². The molecule has 0 aromatic heterocycles. The summed E-state index contributed by atoms with van der Waals surface area (Å²) in [6.45, 7) is 13.2. The van der Waals surface area contributed by atoms with Crippen LogP contribution >= 0.6 is 0 Å². The van der Waals surface area contributed by atoms with E-state index in [2.05, 4.69) is 52.2 Å². The summed E-state index contributed by atoms with van der Waals surface area (Å²) in [4.78, 5) is 11.4. The molecule has 0 aromatic carbocycles. The Bertz CT molecular complexity index is 198. The zero-order valence-corrected chi connectivity index (χ0v) is 11.0. The monoisotopic (exact) mass is 214 g/mol. The van der Waals surface area contributed by atoms with Gasteiger partial charge in [0.15, 0.2) is 0 Å². The average Bonchev–Trinajstić information content (AvgIpc) is 1.97. The number of amides is 1. The third-order valence-corrected chi connectivity index (χ3v) is 2.00. The number of hydrogen-bond acceptors (Lipinski definition) is 2. The van der Waals surface area contributed by atoms with Gasteiger partial charge in [-0.05, 0) is 19.8 Å². The normalized spacial score (nSPS) is 12.3. The zero-order valence-electron chi connectivity index (χ0n) is 11.0. The molecule has 2 N–H and O–H groups in total. The first-order valence-electron chi connectivity index (χ1n) is 5.77. The van der Waals surface area contributed by atoms with Gasteiger partial charge < -0.3 is 10.6 Å². The quantitative estimate of drug-likeness (QED) is 0.709. The highest BCUT2D eigenvalue weighted by Crippen LogP contribution is 2.03. The van der Waals surface area contributed by atoms with E-state index < -0.39 is 0 Å². The summed E-state index contributed by atoms with van der Waals surface area (Å²) in [5.41, 5.74) is -0.0409. The van der Waals surface area contributed by atoms with Crippen LogP contribution in [0.5, 0.6) is 0 Å². The summed E-state index contributed by atoms with van der Waals surface area (Å²) in [5, 5.41) is 6.37. The van der Waals surface area contributed by atoms with Gasteiger partial charge in [-0.1, -0.05) is 27.7 Å². The van der Waals surface area contributed by atoms with Crippen molar-refractivity contribution in [2.24, 2.45) is 5.92 Å². The van der Waals surface area contributed by atoms with Crippen molar-refractivity contribution < 1.29 is 4.79 Å². The molecule has 0 aromatic rings. The maximum Gasteiger partial charge on any atom is 0.220 e. The predicted octanol–water partition coefficient (Wildman–Crippen LogP) is 1.93. The second-order valence-corrected chi connectivity index (χ2v) is 5.56. The fourth-order valence-electron chi connectivity index (χ4n) is 1.60. The van der Waals surface area contributed by atoms with Crippen LogP contribution in [0.2, 0.25) is 0 Å². The molecule has 0 bridgehead atoms. The van der Waals surface area contributed by atoms with Crippen molar-refractivity contribution in [1.82, 2.24) is 10.6 Å². The summed E-state index contributed by atoms with van der Waals surface area (Å²) in [6, 6.07) is 0.432. The predicted molar refractivity (Wildman–Crippen MR) is 64.8 cm³/mol. The summed E-state index contributed by atoms with van der Waals surface area (Å²) >= 11 is 0. The molecular weight excluding hydrogens is 188 g/mol. The lowest BCUT2D eigenvalue weighted by Crippen LogP contribution is -2.51. The van der Waals surface area contributed by atoms with Gasteiger partial charge in [-0.25, -0.2) is 0 Å². The van der Waals surface area contributed by atoms with Crippen LogP contribution < -0.4 is 10.6 Å². The van der Waals surface area contributed by atoms with Gasteiger partial charge >= 0.3 is 0 Å². The maximum atomic E-state index is 11.4. The molecular formula is C12H26N2O. The van der Waals surface area contributed by atoms with Crippen molar-refractivity contribution in [2.75, 3.05) is 6.54 Å². The number of nitrogens with one attached hydrogen (secondary N) is 2. The number of carbonyl (C=O) groups excluding carboxylic acids is 1. The van der Waals surface area contributed by atoms with Gasteiger partial charge in [0.05, 0.1) is 0 Å². The van der Waals surface area contributed by atoms with E-state index in [-0.39, 0.29) is 11.4 Å². The zero-order chi connectivity index (χ0) is 12.1. The van der Waals surface area contributed by atoms with Crippen molar-refractivity contribution in [3.05, 3.63) is 0 Å². The van der Waals surface area contributed by atoms with Gasteiger partial charge in [0, 0.05) is 24.5 Å². The Kier molecular flexibility index (Phi) is 5.88. The lowest BCUT2D eigenvalue weighted by Gasteiger charge is -2.29. The van der Waals surface area contributed by atoms with E-state index in [1.165, 1.54) is 0 Å². The van der Waals surface area contributed by atoms with Gasteiger partial charge in [-0.2, -0.15) is 0 Å². The van der Waals surface area contributed by atoms with Crippen molar-refractivity contribution in [3.8, 4) is 0 Å². The van der Waals surface area contributed by atoms with Crippen LogP contribution in [0.3, 0.4) is 0 Å². The minimum Gasteiger partial charge on any atom is -0.354 e. The van der Waals surface area contributed by atoms with Crippen molar-refractivity contribution in [2.45, 2.75) is 59.5 Å². The van der Waals surface area contributed by atoms with Crippen molar-refractivity contribution in [3.63, 3.8) is 0 Å². The molecule has 0 rings (SSSR count). The van der Waals surface area contributed by atoms with Crippen LogP contribution in [0.15, 0.2) is 0 Å². The molecule has 90 valence electrons. The molecule has 0 spiro atoms. The highest BCUT2D eigenvalue weighted by atomic mass is 16.1. The van der Waals surface area contributed by atoms with Crippen LogP contribution in [0, 0.1) is 5.92 Å². The average molecular weight is 214 g/mol. The molecule has 0 radical (unpaired) electrons. The Hall–Kier alpha value is -0.570. The highest BCUT2D eigenvalue weighted by Gasteiger charge is 2.19.